The van der Waals surface area contributed by atoms with Gasteiger partial charge in [0, 0.05) is 26.2 Å². The first kappa shape index (κ1) is 18.7. The lowest BCUT2D eigenvalue weighted by Gasteiger charge is -2.37. The van der Waals surface area contributed by atoms with Gasteiger partial charge in [-0.25, -0.2) is 14.1 Å². The SMILES string of the molecule is C=CCN1C(=O)C(=O)N(CC(=O)N2CCNCC2c2cccc(F)c2)C1=O. The topological polar surface area (TPSA) is 90.0 Å². The molecule has 0 spiro atoms. The van der Waals surface area contributed by atoms with Gasteiger partial charge in [0.1, 0.15) is 12.4 Å². The lowest BCUT2D eigenvalue weighted by Crippen LogP contribution is -2.52. The molecule has 2 aliphatic heterocycles. The second-order valence-electron chi connectivity index (χ2n) is 6.24. The Hall–Kier alpha value is -3.07. The van der Waals surface area contributed by atoms with Gasteiger partial charge in [0.15, 0.2) is 0 Å². The lowest BCUT2D eigenvalue weighted by molar-refractivity contribution is -0.145. The number of hydrogen-bond acceptors (Lipinski definition) is 5. The molecule has 0 saturated carbocycles. The highest BCUT2D eigenvalue weighted by atomic mass is 19.1. The summed E-state index contributed by atoms with van der Waals surface area (Å²) in [6.45, 7) is 4.07. The number of carbonyl (C=O) groups excluding carboxylic acids is 4. The highest BCUT2D eigenvalue weighted by Crippen LogP contribution is 2.24. The molecule has 142 valence electrons. The maximum Gasteiger partial charge on any atom is 0.335 e. The minimum atomic E-state index is -1.03. The molecule has 1 N–H and O–H groups in total. The summed E-state index contributed by atoms with van der Waals surface area (Å²) in [6.07, 6.45) is 1.32. The Bertz CT molecular complexity index is 812. The first-order chi connectivity index (χ1) is 12.9. The first-order valence-corrected chi connectivity index (χ1v) is 8.48. The predicted octanol–water partition coefficient (Wildman–Crippen LogP) is 0.275. The van der Waals surface area contributed by atoms with Crippen LogP contribution in [0, 0.1) is 5.82 Å². The molecule has 27 heavy (non-hydrogen) atoms. The molecular formula is C18H19FN4O4. The minimum absolute atomic E-state index is 0.104. The maximum absolute atomic E-state index is 13.6. The molecule has 0 aliphatic carbocycles. The summed E-state index contributed by atoms with van der Waals surface area (Å²) in [4.78, 5) is 51.9. The molecule has 2 fully saturated rings. The van der Waals surface area contributed by atoms with Crippen molar-refractivity contribution >= 4 is 23.8 Å². The average molecular weight is 374 g/mol. The van der Waals surface area contributed by atoms with Gasteiger partial charge >= 0.3 is 17.8 Å². The van der Waals surface area contributed by atoms with E-state index in [0.717, 1.165) is 4.90 Å². The summed E-state index contributed by atoms with van der Waals surface area (Å²) in [5, 5.41) is 3.14. The smallest absolute Gasteiger partial charge is 0.332 e. The molecule has 1 atom stereocenters. The summed E-state index contributed by atoms with van der Waals surface area (Å²) in [7, 11) is 0. The van der Waals surface area contributed by atoms with Crippen LogP contribution in [0.3, 0.4) is 0 Å². The summed E-state index contributed by atoms with van der Waals surface area (Å²) in [5.74, 6) is -2.91. The van der Waals surface area contributed by atoms with Crippen LogP contribution >= 0.6 is 0 Å². The predicted molar refractivity (Wildman–Crippen MR) is 92.7 cm³/mol. The van der Waals surface area contributed by atoms with Gasteiger partial charge in [-0.05, 0) is 17.7 Å². The van der Waals surface area contributed by atoms with Crippen molar-refractivity contribution in [3.63, 3.8) is 0 Å². The fraction of sp³-hybridized carbons (Fsp3) is 0.333. The summed E-state index contributed by atoms with van der Waals surface area (Å²) < 4.78 is 13.6. The number of nitrogens with one attached hydrogen (secondary N) is 1. The third kappa shape index (κ3) is 3.59. The minimum Gasteiger partial charge on any atom is -0.332 e. The highest BCUT2D eigenvalue weighted by Gasteiger charge is 2.45. The van der Waals surface area contributed by atoms with Crippen molar-refractivity contribution in [1.82, 2.24) is 20.0 Å². The summed E-state index contributed by atoms with van der Waals surface area (Å²) in [6, 6.07) is 4.65. The van der Waals surface area contributed by atoms with Crippen molar-refractivity contribution in [2.24, 2.45) is 0 Å². The molecule has 9 heteroatoms. The highest BCUT2D eigenvalue weighted by molar-refractivity contribution is 6.45. The van der Waals surface area contributed by atoms with Crippen molar-refractivity contribution in [2.75, 3.05) is 32.7 Å². The Morgan fingerprint density at radius 2 is 2.00 bits per heavy atom. The first-order valence-electron chi connectivity index (χ1n) is 8.48. The van der Waals surface area contributed by atoms with Crippen LogP contribution in [-0.4, -0.2) is 71.2 Å². The molecule has 1 aromatic carbocycles. The molecule has 3 rings (SSSR count). The Morgan fingerprint density at radius 1 is 1.26 bits per heavy atom. The molecule has 2 heterocycles. The van der Waals surface area contributed by atoms with E-state index in [0.29, 0.717) is 30.1 Å². The molecule has 8 nitrogen and oxygen atoms in total. The number of benzene rings is 1. The average Bonchev–Trinajstić information content (AvgIpc) is 2.86. The fourth-order valence-electron chi connectivity index (χ4n) is 3.22. The number of hydrogen-bond donors (Lipinski definition) is 1. The number of amides is 5. The van der Waals surface area contributed by atoms with Gasteiger partial charge in [-0.1, -0.05) is 18.2 Å². The van der Waals surface area contributed by atoms with E-state index in [9.17, 15) is 23.6 Å². The molecule has 2 saturated heterocycles. The molecule has 0 radical (unpaired) electrons. The van der Waals surface area contributed by atoms with Crippen LogP contribution in [0.5, 0.6) is 0 Å². The standard InChI is InChI=1S/C18H19FN4O4/c1-2-7-22-16(25)17(26)23(18(22)27)11-15(24)21-8-6-20-10-14(21)12-4-3-5-13(19)9-12/h2-5,9,14,20H,1,6-8,10-11H2. The third-order valence-electron chi connectivity index (χ3n) is 4.54. The van der Waals surface area contributed by atoms with Crippen LogP contribution in [0.2, 0.25) is 0 Å². The monoisotopic (exact) mass is 374 g/mol. The van der Waals surface area contributed by atoms with Gasteiger partial charge in [0.05, 0.1) is 6.04 Å². The van der Waals surface area contributed by atoms with Gasteiger partial charge in [-0.15, -0.1) is 6.58 Å². The zero-order chi connectivity index (χ0) is 19.6. The number of imide groups is 2. The number of rotatable bonds is 5. The van der Waals surface area contributed by atoms with Crippen LogP contribution in [0.1, 0.15) is 11.6 Å². The van der Waals surface area contributed by atoms with E-state index >= 15 is 0 Å². The molecule has 1 aromatic rings. The molecule has 1 unspecified atom stereocenters. The van der Waals surface area contributed by atoms with Crippen LogP contribution in [0.4, 0.5) is 9.18 Å². The van der Waals surface area contributed by atoms with Crippen LogP contribution in [0.25, 0.3) is 0 Å². The number of piperazine rings is 1. The van der Waals surface area contributed by atoms with Crippen molar-refractivity contribution in [3.05, 3.63) is 48.3 Å². The fourth-order valence-corrected chi connectivity index (χ4v) is 3.22. The quantitative estimate of drug-likeness (QED) is 0.454. The number of nitrogens with zero attached hydrogens (tertiary/aromatic N) is 3. The second-order valence-corrected chi connectivity index (χ2v) is 6.24. The zero-order valence-electron chi connectivity index (χ0n) is 14.6. The van der Waals surface area contributed by atoms with E-state index in [2.05, 4.69) is 11.9 Å². The van der Waals surface area contributed by atoms with Gasteiger partial charge < -0.3 is 10.2 Å². The molecule has 0 aromatic heterocycles. The number of urea groups is 1. The van der Waals surface area contributed by atoms with Gasteiger partial charge in [0.25, 0.3) is 0 Å². The van der Waals surface area contributed by atoms with Crippen LogP contribution < -0.4 is 5.32 Å². The Labute approximate surface area is 155 Å². The van der Waals surface area contributed by atoms with E-state index in [1.54, 1.807) is 12.1 Å². The largest absolute Gasteiger partial charge is 0.335 e. The van der Waals surface area contributed by atoms with E-state index in [4.69, 9.17) is 0 Å². The molecular weight excluding hydrogens is 355 g/mol. The van der Waals surface area contributed by atoms with Gasteiger partial charge in [-0.3, -0.25) is 19.3 Å². The second kappa shape index (κ2) is 7.67. The van der Waals surface area contributed by atoms with Gasteiger partial charge in [-0.2, -0.15) is 0 Å². The van der Waals surface area contributed by atoms with E-state index < -0.39 is 42.2 Å². The van der Waals surface area contributed by atoms with Crippen LogP contribution in [0.15, 0.2) is 36.9 Å². The summed E-state index contributed by atoms with van der Waals surface area (Å²) >= 11 is 0. The lowest BCUT2D eigenvalue weighted by atomic mass is 10.0. The Balaban J connectivity index is 1.78. The molecule has 2 aliphatic rings. The van der Waals surface area contributed by atoms with Crippen molar-refractivity contribution in [2.45, 2.75) is 6.04 Å². The van der Waals surface area contributed by atoms with E-state index in [1.165, 1.54) is 23.1 Å². The molecule has 0 bridgehead atoms. The number of carbonyl (C=O) groups is 4. The van der Waals surface area contributed by atoms with Crippen molar-refractivity contribution in [1.29, 1.82) is 0 Å². The van der Waals surface area contributed by atoms with Crippen LogP contribution in [-0.2, 0) is 14.4 Å². The maximum atomic E-state index is 13.6. The zero-order valence-corrected chi connectivity index (χ0v) is 14.6. The molecule has 5 amide bonds. The van der Waals surface area contributed by atoms with E-state index in [-0.39, 0.29) is 6.54 Å². The van der Waals surface area contributed by atoms with E-state index in [1.807, 2.05) is 0 Å². The summed E-state index contributed by atoms with van der Waals surface area (Å²) in [5.41, 5.74) is 0.610. The normalized spacial score (nSPS) is 20.4. The third-order valence-corrected chi connectivity index (χ3v) is 4.54. The van der Waals surface area contributed by atoms with Gasteiger partial charge in [0.2, 0.25) is 5.91 Å². The number of halogens is 1. The Kier molecular flexibility index (Phi) is 5.31. The van der Waals surface area contributed by atoms with Crippen molar-refractivity contribution < 1.29 is 23.6 Å². The van der Waals surface area contributed by atoms with Crippen molar-refractivity contribution in [3.8, 4) is 0 Å². The Morgan fingerprint density at radius 3 is 2.70 bits per heavy atom.